The number of aromatic nitrogens is 1. The average Bonchev–Trinajstić information content (AvgIpc) is 2.02. The van der Waals surface area contributed by atoms with Gasteiger partial charge in [-0.15, -0.1) is 0 Å². The molecule has 3 N–H and O–H groups in total. The van der Waals surface area contributed by atoms with Crippen molar-refractivity contribution in [2.75, 3.05) is 5.73 Å². The van der Waals surface area contributed by atoms with Gasteiger partial charge in [0.2, 0.25) is 0 Å². The van der Waals surface area contributed by atoms with Crippen LogP contribution in [0.1, 0.15) is 5.56 Å². The average molecular weight is 199 g/mol. The van der Waals surface area contributed by atoms with Gasteiger partial charge in [0.1, 0.15) is 11.0 Å². The molecule has 68 valence electrons. The number of pyridine rings is 1. The fourth-order valence-corrected chi connectivity index (χ4v) is 0.917. The quantitative estimate of drug-likeness (QED) is 0.557. The number of carbonyl (C=O) groups is 1. The molecule has 0 fully saturated rings. The Kier molecular flexibility index (Phi) is 2.87. The highest BCUT2D eigenvalue weighted by molar-refractivity contribution is 6.29. The van der Waals surface area contributed by atoms with Crippen molar-refractivity contribution in [3.05, 3.63) is 28.9 Å². The number of carboxylic acids is 1. The van der Waals surface area contributed by atoms with Gasteiger partial charge in [-0.05, 0) is 18.2 Å². The Balaban J connectivity index is 2.96. The summed E-state index contributed by atoms with van der Waals surface area (Å²) >= 11 is 5.55. The van der Waals surface area contributed by atoms with Crippen molar-refractivity contribution in [3.63, 3.8) is 0 Å². The number of anilines is 1. The molecule has 0 aromatic carbocycles. The van der Waals surface area contributed by atoms with Crippen LogP contribution >= 0.6 is 11.6 Å². The molecule has 0 bridgehead atoms. The molecular weight excluding hydrogens is 192 g/mol. The summed E-state index contributed by atoms with van der Waals surface area (Å²) in [7, 11) is 0. The van der Waals surface area contributed by atoms with E-state index in [1.54, 1.807) is 12.1 Å². The zero-order valence-corrected chi connectivity index (χ0v) is 7.32. The molecule has 0 aliphatic rings. The van der Waals surface area contributed by atoms with Crippen molar-refractivity contribution in [2.45, 2.75) is 0 Å². The van der Waals surface area contributed by atoms with E-state index in [4.69, 9.17) is 22.4 Å². The Morgan fingerprint density at radius 1 is 1.62 bits per heavy atom. The Labute approximate surface area is 79.7 Å². The van der Waals surface area contributed by atoms with E-state index in [1.807, 2.05) is 0 Å². The van der Waals surface area contributed by atoms with E-state index in [-0.39, 0.29) is 11.0 Å². The number of hydrogen-bond acceptors (Lipinski definition) is 3. The van der Waals surface area contributed by atoms with Crippen LogP contribution in [-0.4, -0.2) is 16.1 Å². The first-order chi connectivity index (χ1) is 6.09. The Hall–Kier alpha value is -1.55. The van der Waals surface area contributed by atoms with Crippen LogP contribution in [0.2, 0.25) is 5.15 Å². The van der Waals surface area contributed by atoms with Crippen molar-refractivity contribution >= 4 is 29.5 Å². The van der Waals surface area contributed by atoms with E-state index in [9.17, 15) is 4.79 Å². The number of halogens is 1. The Morgan fingerprint density at radius 3 is 2.85 bits per heavy atom. The van der Waals surface area contributed by atoms with Gasteiger partial charge in [-0.2, -0.15) is 0 Å². The van der Waals surface area contributed by atoms with Gasteiger partial charge < -0.3 is 10.8 Å². The lowest BCUT2D eigenvalue weighted by molar-refractivity contribution is -0.131. The lowest BCUT2D eigenvalue weighted by Gasteiger charge is -1.98. The third-order valence-electron chi connectivity index (χ3n) is 1.33. The van der Waals surface area contributed by atoms with Crippen LogP contribution in [0.3, 0.4) is 0 Å². The highest BCUT2D eigenvalue weighted by Crippen LogP contribution is 2.14. The van der Waals surface area contributed by atoms with Gasteiger partial charge in [-0.25, -0.2) is 9.78 Å². The third kappa shape index (κ3) is 2.76. The van der Waals surface area contributed by atoms with E-state index in [2.05, 4.69) is 4.98 Å². The zero-order valence-electron chi connectivity index (χ0n) is 6.57. The Morgan fingerprint density at radius 2 is 2.31 bits per heavy atom. The summed E-state index contributed by atoms with van der Waals surface area (Å²) in [6.07, 6.45) is 2.35. The molecule has 5 heteroatoms. The molecule has 1 aromatic heterocycles. The predicted molar refractivity (Wildman–Crippen MR) is 50.3 cm³/mol. The van der Waals surface area contributed by atoms with Crippen molar-refractivity contribution in [3.8, 4) is 0 Å². The fourth-order valence-electron chi connectivity index (χ4n) is 0.763. The summed E-state index contributed by atoms with van der Waals surface area (Å²) in [5, 5.41) is 8.63. The SMILES string of the molecule is Nc1nc(Cl)ccc1C=CC(=O)O. The normalized spacial score (nSPS) is 10.5. The third-order valence-corrected chi connectivity index (χ3v) is 1.54. The molecule has 0 unspecified atom stereocenters. The first-order valence-corrected chi connectivity index (χ1v) is 3.80. The first kappa shape index (κ1) is 9.54. The molecule has 0 saturated carbocycles. The summed E-state index contributed by atoms with van der Waals surface area (Å²) in [4.78, 5) is 13.9. The van der Waals surface area contributed by atoms with Gasteiger partial charge in [0.15, 0.2) is 0 Å². The lowest BCUT2D eigenvalue weighted by Crippen LogP contribution is -1.94. The molecular formula is C8H7ClN2O2. The molecule has 4 nitrogen and oxygen atoms in total. The van der Waals surface area contributed by atoms with Gasteiger partial charge in [0.05, 0.1) is 0 Å². The molecule has 0 radical (unpaired) electrons. The highest BCUT2D eigenvalue weighted by Gasteiger charge is 1.97. The molecule has 0 saturated heterocycles. The number of aliphatic carboxylic acids is 1. The maximum absolute atomic E-state index is 10.2. The predicted octanol–water partition coefficient (Wildman–Crippen LogP) is 1.42. The molecule has 0 spiro atoms. The lowest BCUT2D eigenvalue weighted by atomic mass is 10.2. The summed E-state index contributed by atoms with van der Waals surface area (Å²) in [6.45, 7) is 0. The van der Waals surface area contributed by atoms with E-state index in [1.165, 1.54) is 6.08 Å². The van der Waals surface area contributed by atoms with E-state index >= 15 is 0 Å². The molecule has 0 aliphatic heterocycles. The highest BCUT2D eigenvalue weighted by atomic mass is 35.5. The summed E-state index contributed by atoms with van der Waals surface area (Å²) < 4.78 is 0. The zero-order chi connectivity index (χ0) is 9.84. The molecule has 0 atom stereocenters. The summed E-state index contributed by atoms with van der Waals surface area (Å²) in [5.74, 6) is -0.820. The molecule has 0 amide bonds. The molecule has 13 heavy (non-hydrogen) atoms. The van der Waals surface area contributed by atoms with Gasteiger partial charge in [-0.1, -0.05) is 11.6 Å². The number of rotatable bonds is 2. The van der Waals surface area contributed by atoms with E-state index in [0.717, 1.165) is 6.08 Å². The largest absolute Gasteiger partial charge is 0.478 e. The van der Waals surface area contributed by atoms with Crippen LogP contribution in [0.4, 0.5) is 5.82 Å². The van der Waals surface area contributed by atoms with Crippen LogP contribution in [0.5, 0.6) is 0 Å². The second-order valence-electron chi connectivity index (χ2n) is 2.28. The van der Waals surface area contributed by atoms with Crippen molar-refractivity contribution in [1.29, 1.82) is 0 Å². The van der Waals surface area contributed by atoms with Crippen molar-refractivity contribution in [1.82, 2.24) is 4.98 Å². The first-order valence-electron chi connectivity index (χ1n) is 3.42. The standard InChI is InChI=1S/C8H7ClN2O2/c9-6-3-1-5(8(10)11-6)2-4-7(12)13/h1-4H,(H2,10,11)(H,12,13). The number of nitrogens with zero attached hydrogens (tertiary/aromatic N) is 1. The maximum Gasteiger partial charge on any atom is 0.328 e. The molecule has 1 heterocycles. The minimum absolute atomic E-state index is 0.213. The number of nitrogen functional groups attached to an aromatic ring is 1. The molecule has 1 rings (SSSR count). The van der Waals surface area contributed by atoms with Gasteiger partial charge in [0, 0.05) is 11.6 Å². The summed E-state index contributed by atoms with van der Waals surface area (Å²) in [5.41, 5.74) is 6.00. The second-order valence-corrected chi connectivity index (χ2v) is 2.67. The minimum Gasteiger partial charge on any atom is -0.478 e. The van der Waals surface area contributed by atoms with Gasteiger partial charge >= 0.3 is 5.97 Å². The fraction of sp³-hybridized carbons (Fsp3) is 0. The topological polar surface area (TPSA) is 76.2 Å². The maximum atomic E-state index is 10.2. The van der Waals surface area contributed by atoms with E-state index < -0.39 is 5.97 Å². The van der Waals surface area contributed by atoms with Gasteiger partial charge in [0.25, 0.3) is 0 Å². The monoisotopic (exact) mass is 198 g/mol. The van der Waals surface area contributed by atoms with Crippen molar-refractivity contribution < 1.29 is 9.90 Å². The Bertz CT molecular complexity index is 363. The number of carboxylic acid groups (broad SMARTS) is 1. The number of nitrogens with two attached hydrogens (primary N) is 1. The van der Waals surface area contributed by atoms with Crippen LogP contribution in [0.25, 0.3) is 6.08 Å². The van der Waals surface area contributed by atoms with Crippen LogP contribution in [0.15, 0.2) is 18.2 Å². The number of hydrogen-bond donors (Lipinski definition) is 2. The summed E-state index contributed by atoms with van der Waals surface area (Å²) in [6, 6.07) is 3.14. The molecule has 0 aliphatic carbocycles. The molecule has 1 aromatic rings. The van der Waals surface area contributed by atoms with Crippen molar-refractivity contribution in [2.24, 2.45) is 0 Å². The van der Waals surface area contributed by atoms with Gasteiger partial charge in [-0.3, -0.25) is 0 Å². The van der Waals surface area contributed by atoms with Crippen LogP contribution < -0.4 is 5.73 Å². The smallest absolute Gasteiger partial charge is 0.328 e. The van der Waals surface area contributed by atoms with Crippen LogP contribution in [0, 0.1) is 0 Å². The minimum atomic E-state index is -1.03. The van der Waals surface area contributed by atoms with E-state index in [0.29, 0.717) is 5.56 Å². The second kappa shape index (κ2) is 3.91. The van der Waals surface area contributed by atoms with Crippen LogP contribution in [-0.2, 0) is 4.79 Å².